The lowest BCUT2D eigenvalue weighted by atomic mass is 10.2. The predicted octanol–water partition coefficient (Wildman–Crippen LogP) is 3.81. The maximum absolute atomic E-state index is 3.77. The van der Waals surface area contributed by atoms with Crippen LogP contribution in [0, 0.1) is 0 Å². The van der Waals surface area contributed by atoms with Crippen molar-refractivity contribution in [2.75, 3.05) is 0 Å². The van der Waals surface area contributed by atoms with Gasteiger partial charge in [-0.05, 0) is 32.9 Å². The van der Waals surface area contributed by atoms with Gasteiger partial charge < -0.3 is 0 Å². The lowest BCUT2D eigenvalue weighted by Gasteiger charge is -1.91. The van der Waals surface area contributed by atoms with Crippen molar-refractivity contribution in [1.82, 2.24) is 0 Å². The zero-order chi connectivity index (χ0) is 8.15. The molecule has 0 radical (unpaired) electrons. The first-order chi connectivity index (χ1) is 4.52. The third-order valence-corrected chi connectivity index (χ3v) is 1.27. The van der Waals surface area contributed by atoms with Crippen LogP contribution in [0.3, 0.4) is 0 Å². The molecule has 0 aromatic heterocycles. The lowest BCUT2D eigenvalue weighted by molar-refractivity contribution is 1.39. The van der Waals surface area contributed by atoms with E-state index in [1.54, 1.807) is 0 Å². The highest BCUT2D eigenvalue weighted by molar-refractivity contribution is 9.11. The van der Waals surface area contributed by atoms with E-state index in [-0.39, 0.29) is 0 Å². The van der Waals surface area contributed by atoms with Gasteiger partial charge >= 0.3 is 0 Å². The summed E-state index contributed by atoms with van der Waals surface area (Å²) in [6.45, 7) is 9.87. The van der Waals surface area contributed by atoms with E-state index < -0.39 is 0 Å². The van der Waals surface area contributed by atoms with Gasteiger partial charge in [-0.15, -0.1) is 0 Å². The standard InChI is InChI=1S/C9H13Br/c1-7(2)5-9(10)6-8(3)4/h5-6H,1H2,2-4H3/b9-5+. The minimum Gasteiger partial charge on any atom is -0.0961 e. The summed E-state index contributed by atoms with van der Waals surface area (Å²) < 4.78 is 1.08. The van der Waals surface area contributed by atoms with Crippen LogP contribution in [0.25, 0.3) is 0 Å². The van der Waals surface area contributed by atoms with Gasteiger partial charge in [0.05, 0.1) is 0 Å². The summed E-state index contributed by atoms with van der Waals surface area (Å²) in [5.41, 5.74) is 2.34. The largest absolute Gasteiger partial charge is 0.0961 e. The van der Waals surface area contributed by atoms with Gasteiger partial charge in [-0.2, -0.15) is 0 Å². The van der Waals surface area contributed by atoms with Gasteiger partial charge in [-0.1, -0.05) is 33.7 Å². The van der Waals surface area contributed by atoms with Crippen LogP contribution >= 0.6 is 15.9 Å². The summed E-state index contributed by atoms with van der Waals surface area (Å²) in [5.74, 6) is 0. The van der Waals surface area contributed by atoms with Crippen molar-refractivity contribution in [2.45, 2.75) is 20.8 Å². The zero-order valence-electron chi connectivity index (χ0n) is 6.74. The number of hydrogen-bond donors (Lipinski definition) is 0. The summed E-state index contributed by atoms with van der Waals surface area (Å²) in [4.78, 5) is 0. The number of halogens is 1. The first kappa shape index (κ1) is 9.70. The first-order valence-electron chi connectivity index (χ1n) is 3.20. The molecule has 0 saturated heterocycles. The van der Waals surface area contributed by atoms with E-state index >= 15 is 0 Å². The second-order valence-corrected chi connectivity index (χ2v) is 3.51. The van der Waals surface area contributed by atoms with Crippen molar-refractivity contribution in [3.63, 3.8) is 0 Å². The van der Waals surface area contributed by atoms with Gasteiger partial charge in [-0.3, -0.25) is 0 Å². The smallest absolute Gasteiger partial charge is 0.0177 e. The monoisotopic (exact) mass is 200 g/mol. The highest BCUT2D eigenvalue weighted by Crippen LogP contribution is 2.11. The second kappa shape index (κ2) is 4.51. The van der Waals surface area contributed by atoms with Gasteiger partial charge in [0.1, 0.15) is 0 Å². The summed E-state index contributed by atoms with van der Waals surface area (Å²) in [6.07, 6.45) is 4.06. The average molecular weight is 201 g/mol. The van der Waals surface area contributed by atoms with E-state index in [0.29, 0.717) is 0 Å². The molecule has 56 valence electrons. The van der Waals surface area contributed by atoms with E-state index in [2.05, 4.69) is 42.4 Å². The number of hydrogen-bond acceptors (Lipinski definition) is 0. The van der Waals surface area contributed by atoms with E-state index in [9.17, 15) is 0 Å². The Hall–Kier alpha value is -0.300. The van der Waals surface area contributed by atoms with Crippen LogP contribution in [0.2, 0.25) is 0 Å². The molecule has 0 amide bonds. The maximum atomic E-state index is 3.77. The molecule has 1 heteroatoms. The Morgan fingerprint density at radius 2 is 1.70 bits per heavy atom. The molecule has 10 heavy (non-hydrogen) atoms. The van der Waals surface area contributed by atoms with E-state index in [1.807, 2.05) is 13.0 Å². The summed E-state index contributed by atoms with van der Waals surface area (Å²) >= 11 is 3.40. The van der Waals surface area contributed by atoms with Gasteiger partial charge in [0.2, 0.25) is 0 Å². The third-order valence-electron chi connectivity index (χ3n) is 0.811. The van der Waals surface area contributed by atoms with Crippen molar-refractivity contribution in [3.05, 3.63) is 34.4 Å². The van der Waals surface area contributed by atoms with Crippen molar-refractivity contribution < 1.29 is 0 Å². The number of rotatable bonds is 2. The molecule has 0 bridgehead atoms. The Morgan fingerprint density at radius 1 is 1.20 bits per heavy atom. The van der Waals surface area contributed by atoms with Gasteiger partial charge in [-0.25, -0.2) is 0 Å². The quantitative estimate of drug-likeness (QED) is 0.596. The third kappa shape index (κ3) is 5.83. The second-order valence-electron chi connectivity index (χ2n) is 2.60. The lowest BCUT2D eigenvalue weighted by Crippen LogP contribution is -1.68. The predicted molar refractivity (Wildman–Crippen MR) is 51.3 cm³/mol. The zero-order valence-corrected chi connectivity index (χ0v) is 8.33. The number of allylic oxidation sites excluding steroid dienone is 5. The maximum Gasteiger partial charge on any atom is 0.0177 e. The summed E-state index contributed by atoms with van der Waals surface area (Å²) in [5, 5.41) is 0. The van der Waals surface area contributed by atoms with Crippen molar-refractivity contribution in [1.29, 1.82) is 0 Å². The van der Waals surface area contributed by atoms with Gasteiger partial charge in [0.25, 0.3) is 0 Å². The van der Waals surface area contributed by atoms with Crippen LogP contribution in [0.4, 0.5) is 0 Å². The van der Waals surface area contributed by atoms with Crippen molar-refractivity contribution >= 4 is 15.9 Å². The first-order valence-corrected chi connectivity index (χ1v) is 3.99. The molecule has 0 aromatic carbocycles. The summed E-state index contributed by atoms with van der Waals surface area (Å²) in [6, 6.07) is 0. The Bertz CT molecular complexity index is 181. The molecule has 0 saturated carbocycles. The van der Waals surface area contributed by atoms with Crippen LogP contribution in [0.15, 0.2) is 34.4 Å². The highest BCUT2D eigenvalue weighted by atomic mass is 79.9. The molecule has 0 aromatic rings. The molecule has 0 aliphatic heterocycles. The van der Waals surface area contributed by atoms with Gasteiger partial charge in [0.15, 0.2) is 0 Å². The van der Waals surface area contributed by atoms with Crippen molar-refractivity contribution in [3.8, 4) is 0 Å². The van der Waals surface area contributed by atoms with Gasteiger partial charge in [0, 0.05) is 4.48 Å². The molecule has 0 atom stereocenters. The van der Waals surface area contributed by atoms with Crippen LogP contribution in [0.5, 0.6) is 0 Å². The van der Waals surface area contributed by atoms with E-state index in [0.717, 1.165) is 10.1 Å². The average Bonchev–Trinajstić information content (AvgIpc) is 1.58. The fourth-order valence-electron chi connectivity index (χ4n) is 0.553. The molecule has 0 unspecified atom stereocenters. The Balaban J connectivity index is 4.22. The molecule has 0 heterocycles. The molecule has 0 fully saturated rings. The van der Waals surface area contributed by atoms with E-state index in [4.69, 9.17) is 0 Å². The van der Waals surface area contributed by atoms with Crippen LogP contribution in [-0.2, 0) is 0 Å². The SMILES string of the molecule is C=C(C)/C=C(/Br)C=C(C)C. The molecule has 0 spiro atoms. The van der Waals surface area contributed by atoms with E-state index in [1.165, 1.54) is 5.57 Å². The Morgan fingerprint density at radius 3 is 2.00 bits per heavy atom. The highest BCUT2D eigenvalue weighted by Gasteiger charge is 1.84. The van der Waals surface area contributed by atoms with Crippen molar-refractivity contribution in [2.24, 2.45) is 0 Å². The Labute approximate surface area is 71.5 Å². The fraction of sp³-hybridized carbons (Fsp3) is 0.333. The molecular weight excluding hydrogens is 188 g/mol. The van der Waals surface area contributed by atoms with Crippen LogP contribution < -0.4 is 0 Å². The Kier molecular flexibility index (Phi) is 4.37. The molecule has 0 rings (SSSR count). The normalized spacial score (nSPS) is 11.0. The summed E-state index contributed by atoms with van der Waals surface area (Å²) in [7, 11) is 0. The topological polar surface area (TPSA) is 0 Å². The molecule has 0 nitrogen and oxygen atoms in total. The molecule has 0 aliphatic carbocycles. The minimum atomic E-state index is 1.06. The minimum absolute atomic E-state index is 1.06. The molecular formula is C9H13Br. The van der Waals surface area contributed by atoms with Crippen LogP contribution in [-0.4, -0.2) is 0 Å². The van der Waals surface area contributed by atoms with Crippen LogP contribution in [0.1, 0.15) is 20.8 Å². The molecule has 0 aliphatic rings. The molecule has 0 N–H and O–H groups in total. The fourth-order valence-corrected chi connectivity index (χ4v) is 1.40.